The molecule has 33 heavy (non-hydrogen) atoms. The van der Waals surface area contributed by atoms with Gasteiger partial charge in [0.25, 0.3) is 0 Å². The molecule has 0 saturated heterocycles. The molecular formula is C26H23ClN4O2. The number of amides is 1. The van der Waals surface area contributed by atoms with Crippen LogP contribution in [0.5, 0.6) is 5.75 Å². The number of rotatable bonds is 7. The fourth-order valence-corrected chi connectivity index (χ4v) is 3.40. The standard InChI is InChI=1S/C26H23ClN4O2/c1-17-7-9-18(10-8-17)22-15-23(19-11-13-20(27)14-12-19)30-26(29-22)31-25(32)16-28-21-5-3-4-6-24(21)33-2/h3-15,28H,16H2,1-2H3,(H,29,30,31,32). The average Bonchev–Trinajstić information content (AvgIpc) is 2.83. The first kappa shape index (κ1) is 22.3. The lowest BCUT2D eigenvalue weighted by Gasteiger charge is -2.12. The van der Waals surface area contributed by atoms with Crippen molar-refractivity contribution in [2.24, 2.45) is 0 Å². The van der Waals surface area contributed by atoms with Crippen LogP contribution < -0.4 is 15.4 Å². The minimum Gasteiger partial charge on any atom is -0.495 e. The molecule has 0 saturated carbocycles. The third-order valence-electron chi connectivity index (χ3n) is 5.01. The molecule has 0 atom stereocenters. The highest BCUT2D eigenvalue weighted by Crippen LogP contribution is 2.27. The van der Waals surface area contributed by atoms with Crippen LogP contribution in [-0.4, -0.2) is 29.5 Å². The number of carbonyl (C=O) groups excluding carboxylic acids is 1. The van der Waals surface area contributed by atoms with E-state index in [0.29, 0.717) is 22.2 Å². The summed E-state index contributed by atoms with van der Waals surface area (Å²) in [5.74, 6) is 0.613. The molecule has 0 aliphatic carbocycles. The van der Waals surface area contributed by atoms with Crippen molar-refractivity contribution in [1.82, 2.24) is 9.97 Å². The molecule has 0 aliphatic heterocycles. The summed E-state index contributed by atoms with van der Waals surface area (Å²) in [6.45, 7) is 2.07. The molecule has 1 amide bonds. The summed E-state index contributed by atoms with van der Waals surface area (Å²) in [6.07, 6.45) is 0. The van der Waals surface area contributed by atoms with Gasteiger partial charge >= 0.3 is 0 Å². The molecule has 6 nitrogen and oxygen atoms in total. The van der Waals surface area contributed by atoms with Crippen molar-refractivity contribution in [2.45, 2.75) is 6.92 Å². The smallest absolute Gasteiger partial charge is 0.246 e. The minimum atomic E-state index is -0.274. The SMILES string of the molecule is COc1ccccc1NCC(=O)Nc1nc(-c2ccc(C)cc2)cc(-c2ccc(Cl)cc2)n1. The summed E-state index contributed by atoms with van der Waals surface area (Å²) in [5, 5.41) is 6.53. The first-order chi connectivity index (χ1) is 16.0. The number of nitrogens with zero attached hydrogens (tertiary/aromatic N) is 2. The van der Waals surface area contributed by atoms with Gasteiger partial charge in [-0.2, -0.15) is 0 Å². The van der Waals surface area contributed by atoms with Crippen LogP contribution in [0.4, 0.5) is 11.6 Å². The van der Waals surface area contributed by atoms with Gasteiger partial charge in [-0.05, 0) is 37.3 Å². The first-order valence-electron chi connectivity index (χ1n) is 10.4. The van der Waals surface area contributed by atoms with E-state index in [9.17, 15) is 4.79 Å². The molecule has 0 fully saturated rings. The molecule has 4 aromatic rings. The molecule has 0 unspecified atom stereocenters. The fourth-order valence-electron chi connectivity index (χ4n) is 3.28. The number of aromatic nitrogens is 2. The second-order valence-electron chi connectivity index (χ2n) is 7.44. The third kappa shape index (κ3) is 5.67. The normalized spacial score (nSPS) is 10.5. The van der Waals surface area contributed by atoms with Crippen molar-refractivity contribution in [3.63, 3.8) is 0 Å². The molecule has 3 aromatic carbocycles. The zero-order valence-corrected chi connectivity index (χ0v) is 19.1. The zero-order chi connectivity index (χ0) is 23.2. The summed E-state index contributed by atoms with van der Waals surface area (Å²) >= 11 is 6.04. The Morgan fingerprint density at radius 2 is 1.52 bits per heavy atom. The number of aryl methyl sites for hydroxylation is 1. The van der Waals surface area contributed by atoms with Crippen LogP contribution in [0.15, 0.2) is 78.9 Å². The molecule has 0 aliphatic rings. The van der Waals surface area contributed by atoms with Crippen molar-refractivity contribution in [2.75, 3.05) is 24.3 Å². The molecule has 1 aromatic heterocycles. The van der Waals surface area contributed by atoms with Gasteiger partial charge in [-0.25, -0.2) is 9.97 Å². The van der Waals surface area contributed by atoms with Crippen LogP contribution in [-0.2, 0) is 4.79 Å². The van der Waals surface area contributed by atoms with Crippen molar-refractivity contribution in [3.05, 3.63) is 89.4 Å². The Labute approximate surface area is 197 Å². The van der Waals surface area contributed by atoms with E-state index < -0.39 is 0 Å². The lowest BCUT2D eigenvalue weighted by molar-refractivity contribution is -0.114. The van der Waals surface area contributed by atoms with Gasteiger partial charge < -0.3 is 10.1 Å². The van der Waals surface area contributed by atoms with Gasteiger partial charge in [0.2, 0.25) is 11.9 Å². The van der Waals surface area contributed by atoms with E-state index in [0.717, 1.165) is 22.4 Å². The number of ether oxygens (including phenoxy) is 1. The van der Waals surface area contributed by atoms with Crippen LogP contribution in [0.3, 0.4) is 0 Å². The number of hydrogen-bond donors (Lipinski definition) is 2. The number of para-hydroxylation sites is 2. The Kier molecular flexibility index (Phi) is 6.86. The van der Waals surface area contributed by atoms with Gasteiger partial charge in [0.15, 0.2) is 0 Å². The van der Waals surface area contributed by atoms with Crippen LogP contribution in [0.2, 0.25) is 5.02 Å². The van der Waals surface area contributed by atoms with Crippen LogP contribution >= 0.6 is 11.6 Å². The highest BCUT2D eigenvalue weighted by molar-refractivity contribution is 6.30. The Bertz CT molecular complexity index is 1190. The molecular weight excluding hydrogens is 436 g/mol. The van der Waals surface area contributed by atoms with E-state index in [1.807, 2.05) is 73.7 Å². The maximum Gasteiger partial charge on any atom is 0.246 e. The van der Waals surface area contributed by atoms with Gasteiger partial charge in [-0.15, -0.1) is 0 Å². The lowest BCUT2D eigenvalue weighted by Crippen LogP contribution is -2.23. The van der Waals surface area contributed by atoms with Gasteiger partial charge in [-0.1, -0.05) is 65.7 Å². The second kappa shape index (κ2) is 10.1. The first-order valence-corrected chi connectivity index (χ1v) is 10.8. The molecule has 4 rings (SSSR count). The number of hydrogen-bond acceptors (Lipinski definition) is 5. The molecule has 0 radical (unpaired) electrons. The average molecular weight is 459 g/mol. The molecule has 166 valence electrons. The molecule has 2 N–H and O–H groups in total. The summed E-state index contributed by atoms with van der Waals surface area (Å²) in [6, 6.07) is 24.7. The van der Waals surface area contributed by atoms with E-state index in [1.165, 1.54) is 0 Å². The zero-order valence-electron chi connectivity index (χ0n) is 18.3. The second-order valence-corrected chi connectivity index (χ2v) is 7.87. The van der Waals surface area contributed by atoms with E-state index >= 15 is 0 Å². The minimum absolute atomic E-state index is 0.0365. The van der Waals surface area contributed by atoms with E-state index in [2.05, 4.69) is 20.6 Å². The lowest BCUT2D eigenvalue weighted by atomic mass is 10.1. The quantitative estimate of drug-likeness (QED) is 0.364. The number of methoxy groups -OCH3 is 1. The Morgan fingerprint density at radius 3 is 2.15 bits per heavy atom. The van der Waals surface area contributed by atoms with E-state index in [1.54, 1.807) is 19.2 Å². The molecule has 7 heteroatoms. The van der Waals surface area contributed by atoms with Crippen LogP contribution in [0, 0.1) is 6.92 Å². The van der Waals surface area contributed by atoms with Gasteiger partial charge in [0.05, 0.1) is 30.7 Å². The highest BCUT2D eigenvalue weighted by Gasteiger charge is 2.12. The van der Waals surface area contributed by atoms with E-state index in [-0.39, 0.29) is 18.4 Å². The number of halogens is 1. The Morgan fingerprint density at radius 1 is 0.909 bits per heavy atom. The van der Waals surface area contributed by atoms with Crippen molar-refractivity contribution in [1.29, 1.82) is 0 Å². The summed E-state index contributed by atoms with van der Waals surface area (Å²) in [5.41, 5.74) is 5.08. The van der Waals surface area contributed by atoms with E-state index in [4.69, 9.17) is 16.3 Å². The largest absolute Gasteiger partial charge is 0.495 e. The topological polar surface area (TPSA) is 76.1 Å². The number of anilines is 2. The summed E-state index contributed by atoms with van der Waals surface area (Å²) in [4.78, 5) is 21.8. The maximum atomic E-state index is 12.7. The number of benzene rings is 3. The van der Waals surface area contributed by atoms with Gasteiger partial charge in [0.1, 0.15) is 5.75 Å². The van der Waals surface area contributed by atoms with Crippen LogP contribution in [0.1, 0.15) is 5.56 Å². The van der Waals surface area contributed by atoms with Crippen molar-refractivity contribution < 1.29 is 9.53 Å². The Balaban J connectivity index is 1.60. The fraction of sp³-hybridized carbons (Fsp3) is 0.115. The van der Waals surface area contributed by atoms with Crippen molar-refractivity contribution >= 4 is 29.1 Å². The summed E-state index contributed by atoms with van der Waals surface area (Å²) in [7, 11) is 1.59. The van der Waals surface area contributed by atoms with Crippen molar-refractivity contribution in [3.8, 4) is 28.3 Å². The number of carbonyl (C=O) groups is 1. The van der Waals surface area contributed by atoms with Gasteiger partial charge in [-0.3, -0.25) is 10.1 Å². The Hall–Kier alpha value is -3.90. The predicted octanol–water partition coefficient (Wildman–Crippen LogP) is 5.83. The summed E-state index contributed by atoms with van der Waals surface area (Å²) < 4.78 is 5.31. The van der Waals surface area contributed by atoms with Gasteiger partial charge in [0, 0.05) is 16.1 Å². The maximum absolute atomic E-state index is 12.7. The monoisotopic (exact) mass is 458 g/mol. The molecule has 1 heterocycles. The molecule has 0 spiro atoms. The van der Waals surface area contributed by atoms with Crippen LogP contribution in [0.25, 0.3) is 22.5 Å². The number of nitrogens with one attached hydrogen (secondary N) is 2. The predicted molar refractivity (Wildman–Crippen MR) is 133 cm³/mol. The highest BCUT2D eigenvalue weighted by atomic mass is 35.5. The third-order valence-corrected chi connectivity index (χ3v) is 5.26. The molecule has 0 bridgehead atoms.